The summed E-state index contributed by atoms with van der Waals surface area (Å²) in [6, 6.07) is 6.63. The van der Waals surface area contributed by atoms with Crippen LogP contribution in [0.2, 0.25) is 0 Å². The van der Waals surface area contributed by atoms with Gasteiger partial charge in [0, 0.05) is 6.61 Å². The Morgan fingerprint density at radius 3 is 2.42 bits per heavy atom. The van der Waals surface area contributed by atoms with Crippen molar-refractivity contribution in [1.82, 2.24) is 0 Å². The summed E-state index contributed by atoms with van der Waals surface area (Å²) >= 11 is 0. The Labute approximate surface area is 154 Å². The Morgan fingerprint density at radius 2 is 1.77 bits per heavy atom. The summed E-state index contributed by atoms with van der Waals surface area (Å²) in [6.07, 6.45) is 3.44. The second kappa shape index (κ2) is 13.1. The van der Waals surface area contributed by atoms with Crippen LogP contribution in [0.1, 0.15) is 55.5 Å². The zero-order chi connectivity index (χ0) is 19.2. The van der Waals surface area contributed by atoms with E-state index in [-0.39, 0.29) is 18.8 Å². The number of ether oxygens (including phenoxy) is 2. The molecule has 0 heterocycles. The molecule has 0 bridgehead atoms. The zero-order valence-electron chi connectivity index (χ0n) is 15.7. The Bertz CT molecular complexity index is 527. The van der Waals surface area contributed by atoms with Crippen molar-refractivity contribution in [3.05, 3.63) is 35.4 Å². The van der Waals surface area contributed by atoms with E-state index < -0.39 is 12.1 Å². The highest BCUT2D eigenvalue weighted by molar-refractivity contribution is 5.88. The van der Waals surface area contributed by atoms with Crippen LogP contribution >= 0.6 is 0 Å². The van der Waals surface area contributed by atoms with Gasteiger partial charge in [0.15, 0.2) is 0 Å². The quantitative estimate of drug-likeness (QED) is 0.234. The number of carbonyl (C=O) groups is 2. The number of aryl methyl sites for hydroxylation is 1. The van der Waals surface area contributed by atoms with Gasteiger partial charge in [0.05, 0.1) is 17.2 Å². The number of hydrogen-bond acceptors (Lipinski definition) is 7. The molecule has 26 heavy (non-hydrogen) atoms. The first-order chi connectivity index (χ1) is 12.6. The van der Waals surface area contributed by atoms with Crippen LogP contribution in [0.4, 0.5) is 4.79 Å². The maximum absolute atomic E-state index is 11.6. The molecule has 1 unspecified atom stereocenters. The SMILES string of the molecule is CCCCC(CC)COCCOC(=O)OOOC(=O)c1ccc(C)cc1. The molecule has 0 saturated carbocycles. The van der Waals surface area contributed by atoms with E-state index >= 15 is 0 Å². The van der Waals surface area contributed by atoms with Crippen LogP contribution in [0, 0.1) is 12.8 Å². The highest BCUT2D eigenvalue weighted by Crippen LogP contribution is 2.12. The van der Waals surface area contributed by atoms with E-state index in [1.807, 2.05) is 6.92 Å². The molecule has 1 aromatic carbocycles. The molecule has 0 aliphatic rings. The van der Waals surface area contributed by atoms with Crippen LogP contribution in [0.25, 0.3) is 0 Å². The Balaban J connectivity index is 2.08. The standard InChI is InChI=1S/C19H28O7/c1-4-6-7-16(5-2)14-22-12-13-23-19(21)25-26-24-18(20)17-10-8-15(3)9-11-17/h8-11,16H,4-7,12-14H2,1-3H3. The third-order valence-corrected chi connectivity index (χ3v) is 3.84. The number of rotatable bonds is 12. The predicted molar refractivity (Wildman–Crippen MR) is 94.2 cm³/mol. The van der Waals surface area contributed by atoms with Crippen LogP contribution in [0.15, 0.2) is 24.3 Å². The number of carbonyl (C=O) groups excluding carboxylic acids is 2. The average molecular weight is 368 g/mol. The third kappa shape index (κ3) is 9.39. The highest BCUT2D eigenvalue weighted by atomic mass is 17.5. The van der Waals surface area contributed by atoms with Gasteiger partial charge < -0.3 is 9.47 Å². The van der Waals surface area contributed by atoms with E-state index in [1.165, 1.54) is 12.8 Å². The summed E-state index contributed by atoms with van der Waals surface area (Å²) in [6.45, 7) is 7.11. The molecule has 0 saturated heterocycles. The lowest BCUT2D eigenvalue weighted by molar-refractivity contribution is -0.452. The van der Waals surface area contributed by atoms with Crippen molar-refractivity contribution < 1.29 is 33.9 Å². The van der Waals surface area contributed by atoms with Gasteiger partial charge in [-0.2, -0.15) is 0 Å². The summed E-state index contributed by atoms with van der Waals surface area (Å²) in [5, 5.41) is 4.13. The topological polar surface area (TPSA) is 80.3 Å². The number of hydrogen-bond donors (Lipinski definition) is 0. The van der Waals surface area contributed by atoms with Crippen LogP contribution in [0.5, 0.6) is 0 Å². The molecular formula is C19H28O7. The van der Waals surface area contributed by atoms with Crippen LogP contribution < -0.4 is 0 Å². The van der Waals surface area contributed by atoms with E-state index in [0.29, 0.717) is 12.5 Å². The van der Waals surface area contributed by atoms with Gasteiger partial charge >= 0.3 is 12.1 Å². The molecule has 0 aromatic heterocycles. The molecule has 0 amide bonds. The fourth-order valence-corrected chi connectivity index (χ4v) is 2.17. The van der Waals surface area contributed by atoms with Gasteiger partial charge in [-0.15, -0.1) is 0 Å². The van der Waals surface area contributed by atoms with E-state index in [2.05, 4.69) is 28.7 Å². The molecule has 0 radical (unpaired) electrons. The van der Waals surface area contributed by atoms with Crippen LogP contribution in [-0.4, -0.2) is 31.9 Å². The first-order valence-corrected chi connectivity index (χ1v) is 8.93. The summed E-state index contributed by atoms with van der Waals surface area (Å²) in [7, 11) is 0. The minimum atomic E-state index is -1.11. The fourth-order valence-electron chi connectivity index (χ4n) is 2.17. The van der Waals surface area contributed by atoms with Crippen molar-refractivity contribution in [1.29, 1.82) is 0 Å². The summed E-state index contributed by atoms with van der Waals surface area (Å²) in [5.74, 6) is -0.259. The van der Waals surface area contributed by atoms with Gasteiger partial charge in [0.1, 0.15) is 6.61 Å². The Hall–Kier alpha value is -2.12. The predicted octanol–water partition coefficient (Wildman–Crippen LogP) is 4.38. The van der Waals surface area contributed by atoms with E-state index in [4.69, 9.17) is 9.47 Å². The molecule has 1 atom stereocenters. The molecule has 7 heteroatoms. The van der Waals surface area contributed by atoms with Gasteiger partial charge in [0.25, 0.3) is 0 Å². The zero-order valence-corrected chi connectivity index (χ0v) is 15.7. The van der Waals surface area contributed by atoms with Crippen LogP contribution in [0.3, 0.4) is 0 Å². The van der Waals surface area contributed by atoms with Crippen molar-refractivity contribution >= 4 is 12.1 Å². The molecule has 0 spiro atoms. The molecule has 1 rings (SSSR count). The first-order valence-electron chi connectivity index (χ1n) is 8.93. The summed E-state index contributed by atoms with van der Waals surface area (Å²) < 4.78 is 10.2. The molecule has 7 nitrogen and oxygen atoms in total. The fraction of sp³-hybridized carbons (Fsp3) is 0.579. The average Bonchev–Trinajstić information content (AvgIpc) is 2.64. The summed E-state index contributed by atoms with van der Waals surface area (Å²) in [5.41, 5.74) is 1.27. The van der Waals surface area contributed by atoms with Gasteiger partial charge in [0.2, 0.25) is 0 Å². The Morgan fingerprint density at radius 1 is 1.04 bits per heavy atom. The monoisotopic (exact) mass is 368 g/mol. The smallest absolute Gasteiger partial charge is 0.430 e. The second-order valence-electron chi connectivity index (χ2n) is 5.98. The van der Waals surface area contributed by atoms with E-state index in [0.717, 1.165) is 18.4 Å². The van der Waals surface area contributed by atoms with Crippen molar-refractivity contribution in [2.24, 2.45) is 5.92 Å². The number of benzene rings is 1. The van der Waals surface area contributed by atoms with Crippen molar-refractivity contribution in [2.45, 2.75) is 46.5 Å². The third-order valence-electron chi connectivity index (χ3n) is 3.84. The molecule has 146 valence electrons. The molecule has 0 fully saturated rings. The van der Waals surface area contributed by atoms with Crippen molar-refractivity contribution in [3.63, 3.8) is 0 Å². The van der Waals surface area contributed by atoms with Gasteiger partial charge in [-0.3, -0.25) is 4.89 Å². The maximum Gasteiger partial charge on any atom is 0.543 e. The molecule has 0 N–H and O–H groups in total. The lowest BCUT2D eigenvalue weighted by Gasteiger charge is -2.14. The van der Waals surface area contributed by atoms with Crippen molar-refractivity contribution in [3.8, 4) is 0 Å². The molecular weight excluding hydrogens is 340 g/mol. The highest BCUT2D eigenvalue weighted by Gasteiger charge is 2.12. The first kappa shape index (κ1) is 21.9. The van der Waals surface area contributed by atoms with Gasteiger partial charge in [-0.05, 0) is 31.4 Å². The maximum atomic E-state index is 11.6. The van der Waals surface area contributed by atoms with Gasteiger partial charge in [-0.1, -0.05) is 50.8 Å². The van der Waals surface area contributed by atoms with E-state index in [9.17, 15) is 9.59 Å². The lowest BCUT2D eigenvalue weighted by Crippen LogP contribution is -2.16. The minimum Gasteiger partial charge on any atom is -0.430 e. The molecule has 1 aromatic rings. The van der Waals surface area contributed by atoms with Crippen LogP contribution in [-0.2, 0) is 24.3 Å². The Kier molecular flexibility index (Phi) is 11.1. The van der Waals surface area contributed by atoms with Crippen molar-refractivity contribution in [2.75, 3.05) is 19.8 Å². The summed E-state index contributed by atoms with van der Waals surface area (Å²) in [4.78, 5) is 31.4. The number of unbranched alkanes of at least 4 members (excludes halogenated alkanes) is 1. The lowest BCUT2D eigenvalue weighted by atomic mass is 10.0. The minimum absolute atomic E-state index is 0.0261. The van der Waals surface area contributed by atoms with Gasteiger partial charge in [-0.25, -0.2) is 14.5 Å². The second-order valence-corrected chi connectivity index (χ2v) is 5.98. The molecule has 0 aliphatic carbocycles. The van der Waals surface area contributed by atoms with E-state index in [1.54, 1.807) is 24.3 Å². The largest absolute Gasteiger partial charge is 0.543 e. The molecule has 0 aliphatic heterocycles. The normalized spacial score (nSPS) is 11.7.